The third-order valence-electron chi connectivity index (χ3n) is 4.02. The quantitative estimate of drug-likeness (QED) is 0.646. The van der Waals surface area contributed by atoms with Gasteiger partial charge in [-0.15, -0.1) is 11.3 Å². The molecule has 0 bridgehead atoms. The number of likely N-dealkylation sites (N-methyl/N-ethyl adjacent to an activating group) is 1. The number of morpholine rings is 1. The molecule has 2 heterocycles. The lowest BCUT2D eigenvalue weighted by Crippen LogP contribution is -2.54. The van der Waals surface area contributed by atoms with Crippen molar-refractivity contribution in [2.75, 3.05) is 26.2 Å². The minimum atomic E-state index is 0.0971. The van der Waals surface area contributed by atoms with Crippen molar-refractivity contribution in [2.24, 2.45) is 5.84 Å². The van der Waals surface area contributed by atoms with E-state index in [-0.39, 0.29) is 12.1 Å². The van der Waals surface area contributed by atoms with Gasteiger partial charge < -0.3 is 4.74 Å². The van der Waals surface area contributed by atoms with Crippen LogP contribution in [0.25, 0.3) is 10.2 Å². The average Bonchev–Trinajstić information content (AvgIpc) is 2.95. The molecule has 2 aromatic rings. The molecule has 1 saturated heterocycles. The highest BCUT2D eigenvalue weighted by molar-refractivity contribution is 7.18. The predicted octanol–water partition coefficient (Wildman–Crippen LogP) is 1.39. The largest absolute Gasteiger partial charge is 0.374 e. The van der Waals surface area contributed by atoms with Gasteiger partial charge in [-0.3, -0.25) is 16.2 Å². The summed E-state index contributed by atoms with van der Waals surface area (Å²) in [5, 5.41) is 1.11. The van der Waals surface area contributed by atoms with Crippen LogP contribution in [0.2, 0.25) is 0 Å². The topological polar surface area (TPSA) is 63.4 Å². The normalized spacial score (nSPS) is 21.7. The molecule has 0 amide bonds. The van der Waals surface area contributed by atoms with Gasteiger partial charge in [0.2, 0.25) is 0 Å². The van der Waals surface area contributed by atoms with Crippen molar-refractivity contribution in [1.82, 2.24) is 15.3 Å². The average molecular weight is 306 g/mol. The van der Waals surface area contributed by atoms with E-state index in [1.807, 2.05) is 12.1 Å². The molecule has 0 radical (unpaired) electrons. The highest BCUT2D eigenvalue weighted by Crippen LogP contribution is 2.23. The van der Waals surface area contributed by atoms with Gasteiger partial charge in [0.25, 0.3) is 0 Å². The van der Waals surface area contributed by atoms with Crippen LogP contribution in [0.15, 0.2) is 24.3 Å². The van der Waals surface area contributed by atoms with Gasteiger partial charge in [-0.25, -0.2) is 4.98 Å². The summed E-state index contributed by atoms with van der Waals surface area (Å²) in [6.07, 6.45) is 0.925. The lowest BCUT2D eigenvalue weighted by atomic mass is 10.1. The molecule has 0 saturated carbocycles. The van der Waals surface area contributed by atoms with Gasteiger partial charge in [-0.2, -0.15) is 0 Å². The summed E-state index contributed by atoms with van der Waals surface area (Å²) in [5.74, 6) is 5.76. The Labute approximate surface area is 129 Å². The zero-order valence-corrected chi connectivity index (χ0v) is 13.1. The Bertz CT molecular complexity index is 555. The molecule has 1 aliphatic heterocycles. The molecule has 1 fully saturated rings. The maximum Gasteiger partial charge on any atom is 0.0955 e. The summed E-state index contributed by atoms with van der Waals surface area (Å²) in [6, 6.07) is 8.33. The van der Waals surface area contributed by atoms with E-state index in [0.717, 1.165) is 43.2 Å². The Morgan fingerprint density at radius 1 is 1.52 bits per heavy atom. The van der Waals surface area contributed by atoms with Crippen molar-refractivity contribution in [3.05, 3.63) is 29.3 Å². The highest BCUT2D eigenvalue weighted by Gasteiger charge is 2.27. The second-order valence-electron chi connectivity index (χ2n) is 5.36. The van der Waals surface area contributed by atoms with Gasteiger partial charge in [0.05, 0.1) is 34.0 Å². The fourth-order valence-electron chi connectivity index (χ4n) is 2.76. The van der Waals surface area contributed by atoms with Crippen LogP contribution in [0.5, 0.6) is 0 Å². The zero-order valence-electron chi connectivity index (χ0n) is 12.3. The van der Waals surface area contributed by atoms with Crippen LogP contribution in [0, 0.1) is 0 Å². The molecule has 21 heavy (non-hydrogen) atoms. The summed E-state index contributed by atoms with van der Waals surface area (Å²) in [5.41, 5.74) is 3.99. The number of rotatable bonds is 5. The molecule has 1 aromatic carbocycles. The van der Waals surface area contributed by atoms with E-state index in [1.54, 1.807) is 11.3 Å². The Balaban J connectivity index is 1.71. The SMILES string of the molecule is CCN1CCOC(C(Cc2nc3ccccc3s2)NN)C1. The van der Waals surface area contributed by atoms with Gasteiger partial charge in [-0.1, -0.05) is 19.1 Å². The molecule has 3 rings (SSSR count). The van der Waals surface area contributed by atoms with Crippen molar-refractivity contribution in [1.29, 1.82) is 0 Å². The van der Waals surface area contributed by atoms with Gasteiger partial charge in [0.15, 0.2) is 0 Å². The van der Waals surface area contributed by atoms with E-state index < -0.39 is 0 Å². The number of fused-ring (bicyclic) bond motifs is 1. The van der Waals surface area contributed by atoms with Crippen molar-refractivity contribution < 1.29 is 4.74 Å². The van der Waals surface area contributed by atoms with Crippen molar-refractivity contribution >= 4 is 21.6 Å². The Hall–Kier alpha value is -1.05. The molecule has 3 N–H and O–H groups in total. The van der Waals surface area contributed by atoms with Crippen LogP contribution in [-0.4, -0.2) is 48.3 Å². The second-order valence-corrected chi connectivity index (χ2v) is 6.47. The second kappa shape index (κ2) is 6.81. The Kier molecular flexibility index (Phi) is 4.82. The molecule has 5 nitrogen and oxygen atoms in total. The lowest BCUT2D eigenvalue weighted by Gasteiger charge is -2.36. The minimum Gasteiger partial charge on any atom is -0.374 e. The van der Waals surface area contributed by atoms with Crippen molar-refractivity contribution in [3.8, 4) is 0 Å². The number of para-hydroxylation sites is 1. The summed E-state index contributed by atoms with van der Waals surface area (Å²) in [6.45, 7) is 5.94. The molecule has 6 heteroatoms. The van der Waals surface area contributed by atoms with Crippen LogP contribution in [0.1, 0.15) is 11.9 Å². The monoisotopic (exact) mass is 306 g/mol. The fraction of sp³-hybridized carbons (Fsp3) is 0.533. The molecule has 1 aliphatic rings. The summed E-state index contributed by atoms with van der Waals surface area (Å²) in [7, 11) is 0. The van der Waals surface area contributed by atoms with E-state index in [0.29, 0.717) is 0 Å². The number of hydrogen-bond donors (Lipinski definition) is 2. The molecule has 1 aromatic heterocycles. The fourth-order valence-corrected chi connectivity index (χ4v) is 3.78. The van der Waals surface area contributed by atoms with Crippen LogP contribution in [-0.2, 0) is 11.2 Å². The zero-order chi connectivity index (χ0) is 14.7. The first kappa shape index (κ1) is 14.9. The molecule has 0 spiro atoms. The van der Waals surface area contributed by atoms with E-state index in [2.05, 4.69) is 34.4 Å². The number of hydrazine groups is 1. The number of hydrogen-bond acceptors (Lipinski definition) is 6. The molecule has 114 valence electrons. The van der Waals surface area contributed by atoms with Crippen molar-refractivity contribution in [2.45, 2.75) is 25.5 Å². The maximum absolute atomic E-state index is 5.90. The highest BCUT2D eigenvalue weighted by atomic mass is 32.1. The summed E-state index contributed by atoms with van der Waals surface area (Å²) >= 11 is 1.74. The first-order valence-electron chi connectivity index (χ1n) is 7.44. The van der Waals surface area contributed by atoms with Crippen LogP contribution in [0.4, 0.5) is 0 Å². The third-order valence-corrected chi connectivity index (χ3v) is 5.08. The predicted molar refractivity (Wildman–Crippen MR) is 86.3 cm³/mol. The lowest BCUT2D eigenvalue weighted by molar-refractivity contribution is -0.0447. The number of nitrogens with two attached hydrogens (primary N) is 1. The Morgan fingerprint density at radius 2 is 2.38 bits per heavy atom. The van der Waals surface area contributed by atoms with Crippen LogP contribution < -0.4 is 11.3 Å². The van der Waals surface area contributed by atoms with Gasteiger partial charge in [-0.05, 0) is 18.7 Å². The van der Waals surface area contributed by atoms with E-state index >= 15 is 0 Å². The standard InChI is InChI=1S/C15H22N4OS/c1-2-19-7-8-20-13(10-19)12(18-16)9-15-17-11-5-3-4-6-14(11)21-15/h3-6,12-13,18H,2,7-10,16H2,1H3. The van der Waals surface area contributed by atoms with Gasteiger partial charge in [0.1, 0.15) is 0 Å². The molecule has 2 atom stereocenters. The summed E-state index contributed by atoms with van der Waals surface area (Å²) in [4.78, 5) is 7.09. The first-order chi connectivity index (χ1) is 10.3. The number of ether oxygens (including phenoxy) is 1. The molecular formula is C15H22N4OS. The van der Waals surface area contributed by atoms with Crippen molar-refractivity contribution in [3.63, 3.8) is 0 Å². The third kappa shape index (κ3) is 3.41. The first-order valence-corrected chi connectivity index (χ1v) is 8.26. The smallest absolute Gasteiger partial charge is 0.0955 e. The van der Waals surface area contributed by atoms with E-state index in [1.165, 1.54) is 4.70 Å². The van der Waals surface area contributed by atoms with E-state index in [4.69, 9.17) is 10.6 Å². The van der Waals surface area contributed by atoms with Gasteiger partial charge >= 0.3 is 0 Å². The van der Waals surface area contributed by atoms with E-state index in [9.17, 15) is 0 Å². The number of aromatic nitrogens is 1. The number of benzene rings is 1. The number of nitrogens with zero attached hydrogens (tertiary/aromatic N) is 2. The number of nitrogens with one attached hydrogen (secondary N) is 1. The van der Waals surface area contributed by atoms with Crippen LogP contribution in [0.3, 0.4) is 0 Å². The Morgan fingerprint density at radius 3 is 3.14 bits per heavy atom. The van der Waals surface area contributed by atoms with Gasteiger partial charge in [0, 0.05) is 19.5 Å². The molecular weight excluding hydrogens is 284 g/mol. The maximum atomic E-state index is 5.90. The summed E-state index contributed by atoms with van der Waals surface area (Å²) < 4.78 is 7.13. The number of thiazole rings is 1. The molecule has 2 unspecified atom stereocenters. The molecule has 0 aliphatic carbocycles. The van der Waals surface area contributed by atoms with Crippen LogP contribution >= 0.6 is 11.3 Å². The minimum absolute atomic E-state index is 0.0971.